The number of aromatic nitrogens is 1. The van der Waals surface area contributed by atoms with Crippen molar-refractivity contribution in [2.75, 3.05) is 0 Å². The molecule has 1 aromatic heterocycles. The molecular weight excluding hydrogens is 140 g/mol. The minimum atomic E-state index is -0.196. The van der Waals surface area contributed by atoms with Crippen molar-refractivity contribution in [2.24, 2.45) is 5.73 Å². The van der Waals surface area contributed by atoms with Crippen molar-refractivity contribution in [2.45, 2.75) is 6.92 Å². The highest BCUT2D eigenvalue weighted by atomic mass is 16.3. The monoisotopic (exact) mass is 151 g/mol. The van der Waals surface area contributed by atoms with Crippen molar-refractivity contribution in [3.05, 3.63) is 36.0 Å². The van der Waals surface area contributed by atoms with E-state index in [4.69, 9.17) is 10.8 Å². The van der Waals surface area contributed by atoms with E-state index in [1.54, 1.807) is 4.57 Å². The van der Waals surface area contributed by atoms with Gasteiger partial charge >= 0.3 is 0 Å². The Labute approximate surface area is 65.4 Å². The van der Waals surface area contributed by atoms with Gasteiger partial charge in [-0.2, -0.15) is 4.57 Å². The van der Waals surface area contributed by atoms with Crippen LogP contribution < -0.4 is 10.3 Å². The summed E-state index contributed by atoms with van der Waals surface area (Å²) in [5.41, 5.74) is 6.23. The smallest absolute Gasteiger partial charge is 0.248 e. The zero-order valence-corrected chi connectivity index (χ0v) is 6.36. The number of nitrogens with two attached hydrogens (primary N) is 1. The van der Waals surface area contributed by atoms with Crippen LogP contribution in [0.5, 0.6) is 0 Å². The number of rotatable bonds is 1. The quantitative estimate of drug-likeness (QED) is 0.455. The molecule has 0 aliphatic heterocycles. The fourth-order valence-corrected chi connectivity index (χ4v) is 0.751. The van der Waals surface area contributed by atoms with Crippen molar-refractivity contribution in [3.63, 3.8) is 0 Å². The molecule has 0 aliphatic rings. The molecule has 0 saturated carbocycles. The second-order valence-electron chi connectivity index (χ2n) is 2.38. The van der Waals surface area contributed by atoms with Gasteiger partial charge in [-0.05, 0) is 12.5 Å². The molecule has 1 rings (SSSR count). The van der Waals surface area contributed by atoms with Crippen LogP contribution in [0.4, 0.5) is 0 Å². The lowest BCUT2D eigenvalue weighted by atomic mass is 10.3. The molecule has 1 heterocycles. The van der Waals surface area contributed by atoms with Crippen molar-refractivity contribution in [1.82, 2.24) is 0 Å². The first-order valence-corrected chi connectivity index (χ1v) is 3.32. The Kier molecular flexibility index (Phi) is 2.11. The maximum Gasteiger partial charge on any atom is 0.248 e. The number of nitrogens with zero attached hydrogens (tertiary/aromatic N) is 1. The van der Waals surface area contributed by atoms with E-state index in [1.807, 2.05) is 31.5 Å². The average Bonchev–Trinajstić information content (AvgIpc) is 1.93. The predicted molar refractivity (Wildman–Crippen MR) is 42.5 cm³/mol. The van der Waals surface area contributed by atoms with Gasteiger partial charge in [0.15, 0.2) is 12.4 Å². The van der Waals surface area contributed by atoms with E-state index in [9.17, 15) is 0 Å². The lowest BCUT2D eigenvalue weighted by molar-refractivity contribution is -0.569. The van der Waals surface area contributed by atoms with E-state index >= 15 is 0 Å². The molecule has 0 aromatic carbocycles. The van der Waals surface area contributed by atoms with E-state index in [2.05, 4.69) is 0 Å². The van der Waals surface area contributed by atoms with Gasteiger partial charge in [0.2, 0.25) is 12.1 Å². The summed E-state index contributed by atoms with van der Waals surface area (Å²) in [6.45, 7) is 2.00. The Morgan fingerprint density at radius 2 is 2.09 bits per heavy atom. The van der Waals surface area contributed by atoms with Crippen molar-refractivity contribution >= 4 is 6.20 Å². The van der Waals surface area contributed by atoms with E-state index in [0.29, 0.717) is 0 Å². The lowest BCUT2D eigenvalue weighted by Crippen LogP contribution is -2.26. The topological polar surface area (TPSA) is 50.1 Å². The molecule has 0 radical (unpaired) electrons. The van der Waals surface area contributed by atoms with Crippen LogP contribution >= 0.6 is 0 Å². The Morgan fingerprint density at radius 1 is 1.55 bits per heavy atom. The highest BCUT2D eigenvalue weighted by Gasteiger charge is 1.94. The van der Waals surface area contributed by atoms with Crippen LogP contribution in [0.3, 0.4) is 0 Å². The van der Waals surface area contributed by atoms with E-state index < -0.39 is 0 Å². The number of aryl methyl sites for hydroxylation is 1. The number of aliphatic hydroxyl groups is 1. The third kappa shape index (κ3) is 2.29. The van der Waals surface area contributed by atoms with Crippen molar-refractivity contribution in [3.8, 4) is 0 Å². The number of hydrogen-bond acceptors (Lipinski definition) is 2. The summed E-state index contributed by atoms with van der Waals surface area (Å²) in [6.07, 6.45) is 5.07. The van der Waals surface area contributed by atoms with Crippen LogP contribution in [0.15, 0.2) is 30.4 Å². The zero-order chi connectivity index (χ0) is 8.27. The van der Waals surface area contributed by atoms with Crippen molar-refractivity contribution < 1.29 is 9.67 Å². The van der Waals surface area contributed by atoms with Gasteiger partial charge in [-0.1, -0.05) is 0 Å². The molecule has 1 aromatic rings. The Morgan fingerprint density at radius 3 is 2.55 bits per heavy atom. The van der Waals surface area contributed by atoms with E-state index in [0.717, 1.165) is 0 Å². The maximum atomic E-state index is 8.69. The summed E-state index contributed by atoms with van der Waals surface area (Å²) in [7, 11) is 0. The summed E-state index contributed by atoms with van der Waals surface area (Å²) < 4.78 is 1.68. The molecule has 58 valence electrons. The summed E-state index contributed by atoms with van der Waals surface area (Å²) in [6, 6.07) is 3.86. The fraction of sp³-hybridized carbons (Fsp3) is 0.125. The summed E-state index contributed by atoms with van der Waals surface area (Å²) in [4.78, 5) is 0. The van der Waals surface area contributed by atoms with E-state index in [1.165, 1.54) is 11.8 Å². The van der Waals surface area contributed by atoms with Crippen molar-refractivity contribution in [1.29, 1.82) is 0 Å². The molecule has 0 fully saturated rings. The van der Waals surface area contributed by atoms with Gasteiger partial charge in [-0.25, -0.2) is 0 Å². The van der Waals surface area contributed by atoms with Gasteiger partial charge in [0.1, 0.15) is 0 Å². The first-order chi connectivity index (χ1) is 5.18. The third-order valence-electron chi connectivity index (χ3n) is 1.30. The van der Waals surface area contributed by atoms with Gasteiger partial charge in [0, 0.05) is 12.1 Å². The molecule has 3 nitrogen and oxygen atoms in total. The van der Waals surface area contributed by atoms with Gasteiger partial charge in [-0.15, -0.1) is 0 Å². The van der Waals surface area contributed by atoms with E-state index in [-0.39, 0.29) is 5.88 Å². The molecule has 0 saturated heterocycles. The van der Waals surface area contributed by atoms with Crippen LogP contribution in [0.2, 0.25) is 0 Å². The Hall–Kier alpha value is -1.51. The highest BCUT2D eigenvalue weighted by Crippen LogP contribution is 1.89. The number of hydrogen-bond donors (Lipinski definition) is 2. The molecule has 0 aliphatic carbocycles. The fourth-order valence-electron chi connectivity index (χ4n) is 0.751. The van der Waals surface area contributed by atoms with Crippen LogP contribution in [0.1, 0.15) is 5.56 Å². The number of aliphatic hydroxyl groups excluding tert-OH is 1. The van der Waals surface area contributed by atoms with Crippen LogP contribution in [-0.2, 0) is 0 Å². The van der Waals surface area contributed by atoms with Gasteiger partial charge in [0.05, 0.1) is 0 Å². The molecule has 0 amide bonds. The number of pyridine rings is 1. The first kappa shape index (κ1) is 7.60. The van der Waals surface area contributed by atoms with Gasteiger partial charge in [-0.3, -0.25) is 0 Å². The highest BCUT2D eigenvalue weighted by molar-refractivity contribution is 5.11. The Balaban J connectivity index is 2.91. The van der Waals surface area contributed by atoms with Crippen LogP contribution in [0, 0.1) is 6.92 Å². The summed E-state index contributed by atoms with van der Waals surface area (Å²) >= 11 is 0. The first-order valence-electron chi connectivity index (χ1n) is 3.32. The lowest BCUT2D eigenvalue weighted by Gasteiger charge is -1.88. The molecular formula is C8H11N2O+. The largest absolute Gasteiger partial charge is 0.491 e. The molecule has 0 atom stereocenters. The van der Waals surface area contributed by atoms with Gasteiger partial charge < -0.3 is 10.8 Å². The van der Waals surface area contributed by atoms with Crippen LogP contribution in [-0.4, -0.2) is 5.11 Å². The third-order valence-corrected chi connectivity index (χ3v) is 1.30. The molecule has 11 heavy (non-hydrogen) atoms. The molecule has 0 unspecified atom stereocenters. The second-order valence-corrected chi connectivity index (χ2v) is 2.38. The average molecular weight is 151 g/mol. The van der Waals surface area contributed by atoms with Gasteiger partial charge in [0.25, 0.3) is 0 Å². The SMILES string of the molecule is Cc1cc[n+](/C=C(/N)O)cc1. The molecule has 3 heteroatoms. The summed E-state index contributed by atoms with van der Waals surface area (Å²) in [5, 5.41) is 8.69. The molecule has 0 bridgehead atoms. The standard InChI is InChI=1S/C8H10N2O/c1-7-2-4-10(5-3-7)6-8(9)11/h2-6H,9H2,1H3/p+1/b8-6-. The second kappa shape index (κ2) is 3.05. The summed E-state index contributed by atoms with van der Waals surface area (Å²) in [5.74, 6) is -0.196. The molecule has 3 N–H and O–H groups in total. The zero-order valence-electron chi connectivity index (χ0n) is 6.36. The molecule has 0 spiro atoms. The minimum Gasteiger partial charge on any atom is -0.491 e. The van der Waals surface area contributed by atoms with Crippen LogP contribution in [0.25, 0.3) is 6.20 Å². The normalized spacial score (nSPS) is 11.5. The Bertz CT molecular complexity index is 260. The maximum absolute atomic E-state index is 8.69. The predicted octanol–water partition coefficient (Wildman–Crippen LogP) is 0.555. The minimum absolute atomic E-state index is 0.196.